The van der Waals surface area contributed by atoms with Gasteiger partial charge in [0.05, 0.1) is 5.69 Å². The molecule has 112 valence electrons. The van der Waals surface area contributed by atoms with E-state index in [1.54, 1.807) is 0 Å². The van der Waals surface area contributed by atoms with Crippen molar-refractivity contribution < 1.29 is 0 Å². The number of nitrogens with two attached hydrogens (primary N) is 1. The molecule has 2 aromatic rings. The van der Waals surface area contributed by atoms with E-state index < -0.39 is 0 Å². The van der Waals surface area contributed by atoms with Crippen molar-refractivity contribution >= 4 is 17.1 Å². The molecular weight excluding hydrogens is 250 g/mol. The monoisotopic (exact) mass is 277 g/mol. The zero-order valence-corrected chi connectivity index (χ0v) is 13.2. The number of aryl methyl sites for hydroxylation is 2. The van der Waals surface area contributed by atoms with Gasteiger partial charge in [0.25, 0.3) is 0 Å². The van der Waals surface area contributed by atoms with Gasteiger partial charge in [0.2, 0.25) is 5.95 Å². The minimum absolute atomic E-state index is 0.372. The lowest BCUT2D eigenvalue weighted by atomic mass is 10.1. The van der Waals surface area contributed by atoms with Crippen LogP contribution in [0.4, 0.5) is 5.95 Å². The summed E-state index contributed by atoms with van der Waals surface area (Å²) >= 11 is 0. The molecule has 0 aromatic carbocycles. The van der Waals surface area contributed by atoms with Gasteiger partial charge < -0.3 is 5.73 Å². The van der Waals surface area contributed by atoms with Crippen molar-refractivity contribution in [2.75, 3.05) is 5.73 Å². The first-order chi connectivity index (χ1) is 9.60. The number of rotatable bonds is 7. The Kier molecular flexibility index (Phi) is 4.68. The molecule has 0 bridgehead atoms. The van der Waals surface area contributed by atoms with Crippen LogP contribution in [-0.2, 0) is 13.5 Å². The highest BCUT2D eigenvalue weighted by Crippen LogP contribution is 2.27. The topological polar surface area (TPSA) is 61.7 Å². The second kappa shape index (κ2) is 6.29. The maximum atomic E-state index is 6.15. The zero-order valence-electron chi connectivity index (χ0n) is 13.2. The van der Waals surface area contributed by atoms with Crippen LogP contribution < -0.4 is 5.73 Å². The Bertz CT molecular complexity index is 566. The standard InChI is InChI=1S/C15H27N5/c1-5-7-8-10-11(3)20-14-13(17-15(20)16)12(9-6-2)18-19(14)4/h11H,5-10H2,1-4H3,(H2,16,17). The van der Waals surface area contributed by atoms with Crippen LogP contribution in [0.25, 0.3) is 11.2 Å². The first-order valence-electron chi connectivity index (χ1n) is 7.79. The number of nitrogens with zero attached hydrogens (tertiary/aromatic N) is 4. The van der Waals surface area contributed by atoms with E-state index in [4.69, 9.17) is 5.73 Å². The quantitative estimate of drug-likeness (QED) is 0.788. The number of imidazole rings is 1. The zero-order chi connectivity index (χ0) is 14.7. The van der Waals surface area contributed by atoms with Gasteiger partial charge in [-0.25, -0.2) is 4.98 Å². The second-order valence-electron chi connectivity index (χ2n) is 5.68. The summed E-state index contributed by atoms with van der Waals surface area (Å²) in [6.07, 6.45) is 6.92. The van der Waals surface area contributed by atoms with Crippen LogP contribution in [0.1, 0.15) is 64.6 Å². The SMILES string of the molecule is CCCCCC(C)n1c(N)nc2c(CCC)nn(C)c21. The van der Waals surface area contributed by atoms with E-state index in [0.717, 1.165) is 36.1 Å². The first kappa shape index (κ1) is 14.9. The fourth-order valence-electron chi connectivity index (χ4n) is 2.88. The van der Waals surface area contributed by atoms with E-state index in [0.29, 0.717) is 12.0 Å². The van der Waals surface area contributed by atoms with E-state index in [1.165, 1.54) is 19.3 Å². The largest absolute Gasteiger partial charge is 0.369 e. The third-order valence-electron chi connectivity index (χ3n) is 3.92. The van der Waals surface area contributed by atoms with Gasteiger partial charge in [-0.15, -0.1) is 0 Å². The number of unbranched alkanes of at least 4 members (excludes halogenated alkanes) is 2. The molecule has 20 heavy (non-hydrogen) atoms. The average molecular weight is 277 g/mol. The van der Waals surface area contributed by atoms with Crippen molar-refractivity contribution in [3.63, 3.8) is 0 Å². The van der Waals surface area contributed by atoms with E-state index in [-0.39, 0.29) is 0 Å². The lowest BCUT2D eigenvalue weighted by molar-refractivity contribution is 0.484. The molecule has 0 fully saturated rings. The van der Waals surface area contributed by atoms with Crippen molar-refractivity contribution in [3.8, 4) is 0 Å². The van der Waals surface area contributed by atoms with E-state index in [9.17, 15) is 0 Å². The molecule has 0 aliphatic carbocycles. The molecule has 1 unspecified atom stereocenters. The Balaban J connectivity index is 2.35. The fourth-order valence-corrected chi connectivity index (χ4v) is 2.88. The van der Waals surface area contributed by atoms with Gasteiger partial charge in [0.1, 0.15) is 5.52 Å². The van der Waals surface area contributed by atoms with Crippen LogP contribution in [0.3, 0.4) is 0 Å². The van der Waals surface area contributed by atoms with Gasteiger partial charge >= 0.3 is 0 Å². The number of anilines is 1. The molecular formula is C15H27N5. The predicted molar refractivity (Wildman–Crippen MR) is 83.8 cm³/mol. The maximum Gasteiger partial charge on any atom is 0.202 e. The number of hydrogen-bond acceptors (Lipinski definition) is 3. The van der Waals surface area contributed by atoms with Crippen molar-refractivity contribution in [1.82, 2.24) is 19.3 Å². The molecule has 2 heterocycles. The molecule has 2 aromatic heterocycles. The van der Waals surface area contributed by atoms with Crippen molar-refractivity contribution in [2.45, 2.75) is 65.3 Å². The van der Waals surface area contributed by atoms with E-state index in [1.807, 2.05) is 11.7 Å². The van der Waals surface area contributed by atoms with Gasteiger partial charge in [-0.1, -0.05) is 39.5 Å². The van der Waals surface area contributed by atoms with Crippen molar-refractivity contribution in [3.05, 3.63) is 5.69 Å². The summed E-state index contributed by atoms with van der Waals surface area (Å²) in [5, 5.41) is 4.60. The summed E-state index contributed by atoms with van der Waals surface area (Å²) in [6, 6.07) is 0.372. The summed E-state index contributed by atoms with van der Waals surface area (Å²) < 4.78 is 4.08. The van der Waals surface area contributed by atoms with Crippen LogP contribution in [0.2, 0.25) is 0 Å². The summed E-state index contributed by atoms with van der Waals surface area (Å²) in [5.41, 5.74) is 9.26. The van der Waals surface area contributed by atoms with Gasteiger partial charge in [0.15, 0.2) is 5.65 Å². The molecule has 0 amide bonds. The summed E-state index contributed by atoms with van der Waals surface area (Å²) in [5.74, 6) is 0.620. The molecule has 1 atom stereocenters. The Labute approximate surface area is 121 Å². The third-order valence-corrected chi connectivity index (χ3v) is 3.92. The Hall–Kier alpha value is -1.52. The highest BCUT2D eigenvalue weighted by atomic mass is 15.4. The summed E-state index contributed by atoms with van der Waals surface area (Å²) in [4.78, 5) is 4.56. The van der Waals surface area contributed by atoms with E-state index in [2.05, 4.69) is 35.4 Å². The van der Waals surface area contributed by atoms with Crippen molar-refractivity contribution in [1.29, 1.82) is 0 Å². The Morgan fingerprint density at radius 2 is 1.95 bits per heavy atom. The Morgan fingerprint density at radius 1 is 1.20 bits per heavy atom. The minimum Gasteiger partial charge on any atom is -0.369 e. The number of nitrogen functional groups attached to an aromatic ring is 1. The normalized spacial score (nSPS) is 13.2. The molecule has 0 aliphatic heterocycles. The second-order valence-corrected chi connectivity index (χ2v) is 5.68. The highest BCUT2D eigenvalue weighted by Gasteiger charge is 2.20. The number of fused-ring (bicyclic) bond motifs is 1. The first-order valence-corrected chi connectivity index (χ1v) is 7.79. The van der Waals surface area contributed by atoms with Crippen LogP contribution in [0.5, 0.6) is 0 Å². The molecule has 0 radical (unpaired) electrons. The average Bonchev–Trinajstić information content (AvgIpc) is 2.88. The van der Waals surface area contributed by atoms with Gasteiger partial charge in [-0.05, 0) is 19.8 Å². The molecule has 0 spiro atoms. The smallest absolute Gasteiger partial charge is 0.202 e. The van der Waals surface area contributed by atoms with Gasteiger partial charge in [-0.2, -0.15) is 5.10 Å². The minimum atomic E-state index is 0.372. The molecule has 0 saturated carbocycles. The highest BCUT2D eigenvalue weighted by molar-refractivity contribution is 5.78. The van der Waals surface area contributed by atoms with Crippen LogP contribution in [0.15, 0.2) is 0 Å². The molecule has 2 rings (SSSR count). The van der Waals surface area contributed by atoms with Gasteiger partial charge in [0, 0.05) is 13.1 Å². The predicted octanol–water partition coefficient (Wildman–Crippen LogP) is 3.45. The summed E-state index contributed by atoms with van der Waals surface area (Å²) in [6.45, 7) is 6.61. The molecule has 5 heteroatoms. The lowest BCUT2D eigenvalue weighted by Gasteiger charge is -2.15. The molecule has 5 nitrogen and oxygen atoms in total. The Morgan fingerprint density at radius 3 is 2.60 bits per heavy atom. The lowest BCUT2D eigenvalue weighted by Crippen LogP contribution is -2.11. The molecule has 0 saturated heterocycles. The number of aromatic nitrogens is 4. The molecule has 0 aliphatic rings. The maximum absolute atomic E-state index is 6.15. The van der Waals surface area contributed by atoms with Crippen LogP contribution >= 0.6 is 0 Å². The van der Waals surface area contributed by atoms with E-state index >= 15 is 0 Å². The fraction of sp³-hybridized carbons (Fsp3) is 0.733. The van der Waals surface area contributed by atoms with Gasteiger partial charge in [-0.3, -0.25) is 9.25 Å². The summed E-state index contributed by atoms with van der Waals surface area (Å²) in [7, 11) is 1.98. The van der Waals surface area contributed by atoms with Crippen LogP contribution in [0, 0.1) is 0 Å². The number of hydrogen-bond donors (Lipinski definition) is 1. The molecule has 2 N–H and O–H groups in total. The van der Waals surface area contributed by atoms with Crippen LogP contribution in [-0.4, -0.2) is 19.3 Å². The van der Waals surface area contributed by atoms with Crippen molar-refractivity contribution in [2.24, 2.45) is 7.05 Å². The third kappa shape index (κ3) is 2.67.